The molecule has 0 spiro atoms. The maximum atomic E-state index is 4.50. The summed E-state index contributed by atoms with van der Waals surface area (Å²) in [5.41, 5.74) is 3.81. The molecule has 2 aromatic carbocycles. The summed E-state index contributed by atoms with van der Waals surface area (Å²) in [6.07, 6.45) is 4.58. The van der Waals surface area contributed by atoms with Gasteiger partial charge in [-0.25, -0.2) is 4.98 Å². The maximum absolute atomic E-state index is 4.50. The van der Waals surface area contributed by atoms with E-state index in [9.17, 15) is 0 Å². The first-order valence-electron chi connectivity index (χ1n) is 6.12. The number of nitrogens with one attached hydrogen (secondary N) is 1. The van der Waals surface area contributed by atoms with E-state index < -0.39 is 0 Å². The van der Waals surface area contributed by atoms with Gasteiger partial charge in [-0.15, -0.1) is 0 Å². The van der Waals surface area contributed by atoms with Gasteiger partial charge < -0.3 is 4.98 Å². The second kappa shape index (κ2) is 3.92. The van der Waals surface area contributed by atoms with Crippen molar-refractivity contribution in [3.05, 3.63) is 61.1 Å². The summed E-state index contributed by atoms with van der Waals surface area (Å²) >= 11 is 0. The molecular formula is C16H10N3. The normalized spacial score (nSPS) is 11.2. The molecule has 1 radical (unpaired) electrons. The first-order chi connectivity index (χ1) is 9.43. The summed E-state index contributed by atoms with van der Waals surface area (Å²) in [7, 11) is 0. The van der Waals surface area contributed by atoms with E-state index in [1.165, 1.54) is 10.8 Å². The third-order valence-electron chi connectivity index (χ3n) is 3.33. The zero-order valence-corrected chi connectivity index (χ0v) is 10.1. The lowest BCUT2D eigenvalue weighted by Crippen LogP contribution is -1.87. The summed E-state index contributed by atoms with van der Waals surface area (Å²) in [6, 6.07) is 16.5. The SMILES string of the molecule is [c]1nc2c(-c3cccc4ccccc34)nccc2[nH]1. The van der Waals surface area contributed by atoms with Crippen molar-refractivity contribution >= 4 is 21.8 Å². The van der Waals surface area contributed by atoms with Crippen LogP contribution in [0.1, 0.15) is 0 Å². The van der Waals surface area contributed by atoms with Crippen LogP contribution in [0, 0.1) is 6.33 Å². The molecule has 0 aliphatic carbocycles. The number of aromatic nitrogens is 3. The van der Waals surface area contributed by atoms with E-state index in [0.29, 0.717) is 0 Å². The molecule has 0 bridgehead atoms. The molecule has 19 heavy (non-hydrogen) atoms. The Morgan fingerprint density at radius 2 is 1.84 bits per heavy atom. The Kier molecular flexibility index (Phi) is 2.12. The van der Waals surface area contributed by atoms with Crippen LogP contribution >= 0.6 is 0 Å². The van der Waals surface area contributed by atoms with Crippen LogP contribution in [0.4, 0.5) is 0 Å². The number of benzene rings is 2. The Bertz CT molecular complexity index is 872. The van der Waals surface area contributed by atoms with E-state index in [0.717, 1.165) is 22.3 Å². The van der Waals surface area contributed by atoms with Crippen molar-refractivity contribution in [3.63, 3.8) is 0 Å². The van der Waals surface area contributed by atoms with Gasteiger partial charge in [0.2, 0.25) is 0 Å². The molecule has 4 aromatic rings. The second-order valence-corrected chi connectivity index (χ2v) is 4.43. The van der Waals surface area contributed by atoms with E-state index in [1.807, 2.05) is 18.2 Å². The molecule has 0 fully saturated rings. The van der Waals surface area contributed by atoms with Crippen LogP contribution in [0.5, 0.6) is 0 Å². The van der Waals surface area contributed by atoms with Gasteiger partial charge in [-0.2, -0.15) is 0 Å². The van der Waals surface area contributed by atoms with E-state index in [-0.39, 0.29) is 0 Å². The molecule has 2 aromatic heterocycles. The number of pyridine rings is 1. The van der Waals surface area contributed by atoms with Gasteiger partial charge in [-0.05, 0) is 16.8 Å². The van der Waals surface area contributed by atoms with Crippen LogP contribution in [0.3, 0.4) is 0 Å². The van der Waals surface area contributed by atoms with Gasteiger partial charge >= 0.3 is 0 Å². The summed E-state index contributed by atoms with van der Waals surface area (Å²) in [5, 5.41) is 2.39. The molecule has 0 amide bonds. The summed E-state index contributed by atoms with van der Waals surface area (Å²) < 4.78 is 0. The van der Waals surface area contributed by atoms with Crippen LogP contribution in [0.15, 0.2) is 54.7 Å². The van der Waals surface area contributed by atoms with Crippen molar-refractivity contribution in [1.82, 2.24) is 15.0 Å². The average molecular weight is 244 g/mol. The first kappa shape index (κ1) is 10.3. The topological polar surface area (TPSA) is 41.6 Å². The quantitative estimate of drug-likeness (QED) is 0.556. The van der Waals surface area contributed by atoms with E-state index in [1.54, 1.807) is 6.20 Å². The third kappa shape index (κ3) is 1.52. The monoisotopic (exact) mass is 244 g/mol. The zero-order chi connectivity index (χ0) is 12.7. The highest BCUT2D eigenvalue weighted by molar-refractivity contribution is 6.01. The molecule has 2 heterocycles. The van der Waals surface area contributed by atoms with Gasteiger partial charge in [0.15, 0.2) is 6.33 Å². The maximum Gasteiger partial charge on any atom is 0.174 e. The summed E-state index contributed by atoms with van der Waals surface area (Å²) in [4.78, 5) is 11.8. The molecule has 3 heteroatoms. The van der Waals surface area contributed by atoms with Gasteiger partial charge in [0.05, 0.1) is 11.2 Å². The molecule has 1 N–H and O–H groups in total. The number of rotatable bonds is 1. The van der Waals surface area contributed by atoms with Gasteiger partial charge in [0.1, 0.15) is 5.52 Å². The Balaban J connectivity index is 2.12. The number of nitrogens with zero attached hydrogens (tertiary/aromatic N) is 2. The predicted molar refractivity (Wildman–Crippen MR) is 75.7 cm³/mol. The molecular weight excluding hydrogens is 234 g/mol. The molecule has 0 saturated carbocycles. The molecule has 0 aliphatic rings. The average Bonchev–Trinajstić information content (AvgIpc) is 2.95. The fourth-order valence-corrected chi connectivity index (χ4v) is 2.44. The highest BCUT2D eigenvalue weighted by Gasteiger charge is 2.10. The fourth-order valence-electron chi connectivity index (χ4n) is 2.44. The van der Waals surface area contributed by atoms with Crippen LogP contribution in [0.25, 0.3) is 33.1 Å². The molecule has 4 rings (SSSR count). The Morgan fingerprint density at radius 1 is 0.947 bits per heavy atom. The van der Waals surface area contributed by atoms with Crippen molar-refractivity contribution in [2.24, 2.45) is 0 Å². The minimum absolute atomic E-state index is 0.860. The number of fused-ring (bicyclic) bond motifs is 2. The lowest BCUT2D eigenvalue weighted by Gasteiger charge is -2.06. The summed E-state index contributed by atoms with van der Waals surface area (Å²) in [6.45, 7) is 0. The van der Waals surface area contributed by atoms with Gasteiger partial charge in [-0.1, -0.05) is 42.5 Å². The van der Waals surface area contributed by atoms with Gasteiger partial charge in [0.25, 0.3) is 0 Å². The Morgan fingerprint density at radius 3 is 2.84 bits per heavy atom. The molecule has 3 nitrogen and oxygen atoms in total. The van der Waals surface area contributed by atoms with Crippen molar-refractivity contribution in [2.75, 3.05) is 0 Å². The largest absolute Gasteiger partial charge is 0.335 e. The standard InChI is InChI=1S/C16H10N3/c1-2-6-12-11(4-1)5-3-7-13(12)15-16-14(8-9-17-15)18-10-19-16/h1-9H,(H,18,19). The Hall–Kier alpha value is -2.68. The van der Waals surface area contributed by atoms with Crippen molar-refractivity contribution < 1.29 is 0 Å². The second-order valence-electron chi connectivity index (χ2n) is 4.43. The number of H-pyrrole nitrogens is 1. The highest BCUT2D eigenvalue weighted by atomic mass is 14.9. The molecule has 0 atom stereocenters. The molecule has 0 unspecified atom stereocenters. The van der Waals surface area contributed by atoms with Crippen molar-refractivity contribution in [2.45, 2.75) is 0 Å². The first-order valence-corrected chi connectivity index (χ1v) is 6.12. The minimum atomic E-state index is 0.860. The highest BCUT2D eigenvalue weighted by Crippen LogP contribution is 2.30. The van der Waals surface area contributed by atoms with Crippen molar-refractivity contribution in [1.29, 1.82) is 0 Å². The van der Waals surface area contributed by atoms with Crippen molar-refractivity contribution in [3.8, 4) is 11.3 Å². The van der Waals surface area contributed by atoms with Gasteiger partial charge in [0, 0.05) is 11.8 Å². The Labute approximate surface area is 110 Å². The van der Waals surface area contributed by atoms with Crippen LogP contribution in [0.2, 0.25) is 0 Å². The molecule has 0 aliphatic heterocycles. The van der Waals surface area contributed by atoms with E-state index >= 15 is 0 Å². The third-order valence-corrected chi connectivity index (χ3v) is 3.33. The van der Waals surface area contributed by atoms with Crippen LogP contribution < -0.4 is 0 Å². The molecule has 0 saturated heterocycles. The minimum Gasteiger partial charge on any atom is -0.335 e. The number of imidazole rings is 1. The number of hydrogen-bond donors (Lipinski definition) is 1. The lowest BCUT2D eigenvalue weighted by molar-refractivity contribution is 1.31. The van der Waals surface area contributed by atoms with Gasteiger partial charge in [-0.3, -0.25) is 4.98 Å². The van der Waals surface area contributed by atoms with E-state index in [4.69, 9.17) is 0 Å². The zero-order valence-electron chi connectivity index (χ0n) is 10.1. The number of hydrogen-bond acceptors (Lipinski definition) is 2. The lowest BCUT2D eigenvalue weighted by atomic mass is 10.0. The molecule has 89 valence electrons. The number of aromatic amines is 1. The van der Waals surface area contributed by atoms with E-state index in [2.05, 4.69) is 51.6 Å². The predicted octanol–water partition coefficient (Wildman–Crippen LogP) is 3.58. The van der Waals surface area contributed by atoms with Crippen LogP contribution in [-0.2, 0) is 0 Å². The van der Waals surface area contributed by atoms with Crippen LogP contribution in [-0.4, -0.2) is 15.0 Å². The summed E-state index contributed by atoms with van der Waals surface area (Å²) in [5.74, 6) is 0. The fraction of sp³-hybridized carbons (Fsp3) is 0. The smallest absolute Gasteiger partial charge is 0.174 e.